The third-order valence-electron chi connectivity index (χ3n) is 3.87. The summed E-state index contributed by atoms with van der Waals surface area (Å²) in [6.45, 7) is 0. The molecule has 0 saturated heterocycles. The number of halogens is 1. The zero-order valence-corrected chi connectivity index (χ0v) is 15.4. The van der Waals surface area contributed by atoms with E-state index in [4.69, 9.17) is 4.74 Å². The Labute approximate surface area is 156 Å². The molecule has 7 heteroatoms. The van der Waals surface area contributed by atoms with Crippen LogP contribution in [-0.2, 0) is 4.79 Å². The van der Waals surface area contributed by atoms with Gasteiger partial charge in [0.15, 0.2) is 5.78 Å². The van der Waals surface area contributed by atoms with Crippen LogP contribution in [0.25, 0.3) is 0 Å². The fraction of sp³-hybridized carbons (Fsp3) is 0.250. The number of carbonyl (C=O) groups excluding carboxylic acids is 3. The highest BCUT2D eigenvalue weighted by molar-refractivity contribution is 6.01. The van der Waals surface area contributed by atoms with Crippen molar-refractivity contribution < 1.29 is 23.5 Å². The summed E-state index contributed by atoms with van der Waals surface area (Å²) in [4.78, 5) is 37.8. The molecule has 0 aliphatic carbocycles. The second-order valence-corrected chi connectivity index (χ2v) is 6.09. The summed E-state index contributed by atoms with van der Waals surface area (Å²) in [5.74, 6) is -0.887. The molecule has 0 atom stereocenters. The highest BCUT2D eigenvalue weighted by Gasteiger charge is 2.16. The first-order valence-corrected chi connectivity index (χ1v) is 8.30. The van der Waals surface area contributed by atoms with Crippen LogP contribution in [-0.4, -0.2) is 43.7 Å². The number of hydrogen-bond donors (Lipinski definition) is 1. The van der Waals surface area contributed by atoms with Gasteiger partial charge in [0.25, 0.3) is 5.91 Å². The lowest BCUT2D eigenvalue weighted by atomic mass is 10.1. The van der Waals surface area contributed by atoms with E-state index in [9.17, 15) is 18.8 Å². The minimum Gasteiger partial charge on any atom is -0.496 e. The second kappa shape index (κ2) is 8.93. The fourth-order valence-electron chi connectivity index (χ4n) is 2.42. The molecule has 0 saturated carbocycles. The number of ether oxygens (including phenoxy) is 1. The molecular weight excluding hydrogens is 351 g/mol. The Balaban J connectivity index is 2.01. The number of nitrogens with one attached hydrogen (secondary N) is 1. The summed E-state index contributed by atoms with van der Waals surface area (Å²) >= 11 is 0. The van der Waals surface area contributed by atoms with Gasteiger partial charge in [-0.1, -0.05) is 0 Å². The van der Waals surface area contributed by atoms with Crippen LogP contribution >= 0.6 is 0 Å². The van der Waals surface area contributed by atoms with Crippen molar-refractivity contribution in [3.8, 4) is 5.75 Å². The molecule has 142 valence electrons. The Morgan fingerprint density at radius 2 is 1.70 bits per heavy atom. The van der Waals surface area contributed by atoms with Gasteiger partial charge in [0.2, 0.25) is 5.91 Å². The molecule has 0 heterocycles. The lowest BCUT2D eigenvalue weighted by molar-refractivity contribution is -0.116. The maximum absolute atomic E-state index is 12.9. The number of amides is 2. The van der Waals surface area contributed by atoms with Gasteiger partial charge in [-0.15, -0.1) is 0 Å². The summed E-state index contributed by atoms with van der Waals surface area (Å²) in [5.41, 5.74) is 1.11. The van der Waals surface area contributed by atoms with Crippen molar-refractivity contribution in [1.82, 2.24) is 4.90 Å². The quantitative estimate of drug-likeness (QED) is 0.758. The van der Waals surface area contributed by atoms with E-state index in [0.717, 1.165) is 0 Å². The molecule has 6 nitrogen and oxygen atoms in total. The molecule has 27 heavy (non-hydrogen) atoms. The minimum atomic E-state index is -0.424. The van der Waals surface area contributed by atoms with Gasteiger partial charge in [-0.05, 0) is 42.5 Å². The first kappa shape index (κ1) is 20.1. The Kier molecular flexibility index (Phi) is 6.65. The van der Waals surface area contributed by atoms with Gasteiger partial charge in [-0.2, -0.15) is 0 Å². The van der Waals surface area contributed by atoms with E-state index in [0.29, 0.717) is 22.6 Å². The van der Waals surface area contributed by atoms with Crippen LogP contribution in [0.4, 0.5) is 10.1 Å². The number of carbonyl (C=O) groups is 3. The van der Waals surface area contributed by atoms with Crippen molar-refractivity contribution >= 4 is 23.3 Å². The van der Waals surface area contributed by atoms with Gasteiger partial charge in [-0.3, -0.25) is 14.4 Å². The lowest BCUT2D eigenvalue weighted by Gasteiger charge is -2.15. The zero-order chi connectivity index (χ0) is 20.0. The fourth-order valence-corrected chi connectivity index (χ4v) is 2.42. The zero-order valence-electron chi connectivity index (χ0n) is 15.4. The van der Waals surface area contributed by atoms with Crippen LogP contribution in [0.15, 0.2) is 42.5 Å². The van der Waals surface area contributed by atoms with Gasteiger partial charge in [0.05, 0.1) is 12.7 Å². The minimum absolute atomic E-state index is 0.00287. The molecule has 0 aliphatic heterocycles. The molecule has 0 bridgehead atoms. The summed E-state index contributed by atoms with van der Waals surface area (Å²) < 4.78 is 18.1. The maximum atomic E-state index is 12.9. The number of benzene rings is 2. The number of nitrogens with zero attached hydrogens (tertiary/aromatic N) is 1. The van der Waals surface area contributed by atoms with Crippen LogP contribution in [0.1, 0.15) is 33.6 Å². The van der Waals surface area contributed by atoms with Crippen LogP contribution in [0.5, 0.6) is 5.75 Å². The summed E-state index contributed by atoms with van der Waals surface area (Å²) in [6.07, 6.45) is -0.0314. The Morgan fingerprint density at radius 3 is 2.30 bits per heavy atom. The van der Waals surface area contributed by atoms with E-state index in [1.54, 1.807) is 26.2 Å². The van der Waals surface area contributed by atoms with E-state index in [1.165, 1.54) is 42.3 Å². The molecule has 0 spiro atoms. The normalized spacial score (nSPS) is 10.2. The molecule has 0 aliphatic rings. The molecule has 0 unspecified atom stereocenters. The van der Waals surface area contributed by atoms with E-state index >= 15 is 0 Å². The molecule has 2 rings (SSSR count). The van der Waals surface area contributed by atoms with E-state index in [1.807, 2.05) is 0 Å². The van der Waals surface area contributed by atoms with Crippen molar-refractivity contribution in [1.29, 1.82) is 0 Å². The third kappa shape index (κ3) is 5.37. The van der Waals surface area contributed by atoms with Crippen LogP contribution in [0.3, 0.4) is 0 Å². The number of Topliss-reactive ketones (excluding diaryl/α,β-unsaturated/α-hetero) is 1. The molecule has 2 amide bonds. The van der Waals surface area contributed by atoms with Crippen molar-refractivity contribution in [3.63, 3.8) is 0 Å². The molecule has 2 aromatic rings. The monoisotopic (exact) mass is 372 g/mol. The van der Waals surface area contributed by atoms with Gasteiger partial charge in [0.1, 0.15) is 11.6 Å². The first-order chi connectivity index (χ1) is 12.8. The van der Waals surface area contributed by atoms with Crippen molar-refractivity contribution in [3.05, 3.63) is 59.4 Å². The maximum Gasteiger partial charge on any atom is 0.257 e. The second-order valence-electron chi connectivity index (χ2n) is 6.09. The topological polar surface area (TPSA) is 75.7 Å². The number of rotatable bonds is 7. The molecular formula is C20H21FN2O4. The predicted molar refractivity (Wildman–Crippen MR) is 99.6 cm³/mol. The standard InChI is InChI=1S/C20H21FN2O4/c1-23(2)20(26)16-12-15(8-10-18(16)27-3)22-19(25)11-9-17(24)13-4-6-14(21)7-5-13/h4-8,10,12H,9,11H2,1-3H3,(H,22,25). The summed E-state index contributed by atoms with van der Waals surface area (Å²) in [5, 5.41) is 2.67. The smallest absolute Gasteiger partial charge is 0.257 e. The average molecular weight is 372 g/mol. The number of ketones is 1. The number of hydrogen-bond acceptors (Lipinski definition) is 4. The average Bonchev–Trinajstić information content (AvgIpc) is 2.65. The highest BCUT2D eigenvalue weighted by atomic mass is 19.1. The molecule has 2 aromatic carbocycles. The van der Waals surface area contributed by atoms with Crippen LogP contribution in [0.2, 0.25) is 0 Å². The van der Waals surface area contributed by atoms with Crippen molar-refractivity contribution in [2.24, 2.45) is 0 Å². The SMILES string of the molecule is COc1ccc(NC(=O)CCC(=O)c2ccc(F)cc2)cc1C(=O)N(C)C. The molecule has 0 aromatic heterocycles. The number of methoxy groups -OCH3 is 1. The van der Waals surface area contributed by atoms with Crippen LogP contribution < -0.4 is 10.1 Å². The van der Waals surface area contributed by atoms with Crippen molar-refractivity contribution in [2.45, 2.75) is 12.8 Å². The highest BCUT2D eigenvalue weighted by Crippen LogP contribution is 2.24. The Morgan fingerprint density at radius 1 is 1.04 bits per heavy atom. The summed E-state index contributed by atoms with van der Waals surface area (Å²) in [7, 11) is 4.70. The lowest BCUT2D eigenvalue weighted by Crippen LogP contribution is -2.22. The Bertz CT molecular complexity index is 848. The Hall–Kier alpha value is -3.22. The molecule has 1 N–H and O–H groups in total. The molecule has 0 fully saturated rings. The summed E-state index contributed by atoms with van der Waals surface area (Å²) in [6, 6.07) is 9.92. The van der Waals surface area contributed by atoms with Gasteiger partial charge in [-0.25, -0.2) is 4.39 Å². The van der Waals surface area contributed by atoms with Crippen LogP contribution in [0, 0.1) is 5.82 Å². The largest absolute Gasteiger partial charge is 0.496 e. The number of anilines is 1. The van der Waals surface area contributed by atoms with Crippen molar-refractivity contribution in [2.75, 3.05) is 26.5 Å². The molecule has 0 radical (unpaired) electrons. The van der Waals surface area contributed by atoms with E-state index < -0.39 is 5.82 Å². The first-order valence-electron chi connectivity index (χ1n) is 8.30. The predicted octanol–water partition coefficient (Wildman–Crippen LogP) is 3.14. The van der Waals surface area contributed by atoms with E-state index in [2.05, 4.69) is 5.32 Å². The van der Waals surface area contributed by atoms with Gasteiger partial charge < -0.3 is 15.0 Å². The van der Waals surface area contributed by atoms with Gasteiger partial charge in [0, 0.05) is 38.2 Å². The third-order valence-corrected chi connectivity index (χ3v) is 3.87. The van der Waals surface area contributed by atoms with Gasteiger partial charge >= 0.3 is 0 Å². The van der Waals surface area contributed by atoms with E-state index in [-0.39, 0.29) is 30.4 Å².